The maximum absolute atomic E-state index is 11.8. The van der Waals surface area contributed by atoms with E-state index in [-0.39, 0.29) is 18.4 Å². The second-order valence-electron chi connectivity index (χ2n) is 5.96. The molecule has 0 unspecified atom stereocenters. The zero-order valence-corrected chi connectivity index (χ0v) is 13.2. The van der Waals surface area contributed by atoms with Crippen LogP contribution in [0.5, 0.6) is 0 Å². The quantitative estimate of drug-likeness (QED) is 0.749. The molecule has 116 valence electrons. The molecule has 1 rings (SSSR count). The molecule has 21 heavy (non-hydrogen) atoms. The molecule has 5 nitrogen and oxygen atoms in total. The highest BCUT2D eigenvalue weighted by Crippen LogP contribution is 2.12. The van der Waals surface area contributed by atoms with Gasteiger partial charge in [0.1, 0.15) is 0 Å². The van der Waals surface area contributed by atoms with E-state index >= 15 is 0 Å². The van der Waals surface area contributed by atoms with E-state index in [1.165, 1.54) is 0 Å². The Balaban J connectivity index is 2.49. The Kier molecular flexibility index (Phi) is 6.37. The van der Waals surface area contributed by atoms with Crippen molar-refractivity contribution in [2.24, 2.45) is 5.41 Å². The van der Waals surface area contributed by atoms with Gasteiger partial charge < -0.3 is 16.0 Å². The predicted molar refractivity (Wildman–Crippen MR) is 84.9 cm³/mol. The molecule has 0 aliphatic carbocycles. The lowest BCUT2D eigenvalue weighted by atomic mass is 9.96. The number of amides is 2. The second-order valence-corrected chi connectivity index (χ2v) is 5.96. The Bertz CT molecular complexity index is 493. The van der Waals surface area contributed by atoms with Crippen LogP contribution in [-0.2, 0) is 16.1 Å². The topological polar surface area (TPSA) is 70.2 Å². The molecule has 0 aromatic heterocycles. The highest BCUT2D eigenvalue weighted by atomic mass is 16.2. The van der Waals surface area contributed by atoms with Crippen LogP contribution in [0.4, 0.5) is 5.69 Å². The van der Waals surface area contributed by atoms with E-state index in [4.69, 9.17) is 0 Å². The van der Waals surface area contributed by atoms with Gasteiger partial charge in [0.05, 0.1) is 6.54 Å². The van der Waals surface area contributed by atoms with Crippen LogP contribution >= 0.6 is 0 Å². The molecule has 0 saturated carbocycles. The average molecular weight is 291 g/mol. The summed E-state index contributed by atoms with van der Waals surface area (Å²) in [5, 5.41) is 8.64. The molecular weight excluding hydrogens is 266 g/mol. The van der Waals surface area contributed by atoms with Gasteiger partial charge in [-0.05, 0) is 24.2 Å². The van der Waals surface area contributed by atoms with Gasteiger partial charge in [0.25, 0.3) is 0 Å². The first-order chi connectivity index (χ1) is 9.82. The van der Waals surface area contributed by atoms with E-state index in [1.54, 1.807) is 0 Å². The summed E-state index contributed by atoms with van der Waals surface area (Å²) in [5.74, 6) is -0.369. The summed E-state index contributed by atoms with van der Waals surface area (Å²) in [7, 11) is 0. The Labute approximate surface area is 126 Å². The maximum Gasteiger partial charge on any atom is 0.243 e. The zero-order chi connectivity index (χ0) is 15.9. The molecule has 5 heteroatoms. The van der Waals surface area contributed by atoms with Crippen LogP contribution < -0.4 is 16.0 Å². The SMILES string of the molecule is CCNCc1cccc(NC(=O)CNC(=O)C(C)(C)C)c1. The molecular formula is C16H25N3O2. The molecule has 0 fully saturated rings. The highest BCUT2D eigenvalue weighted by Gasteiger charge is 2.21. The van der Waals surface area contributed by atoms with Crippen molar-refractivity contribution in [1.29, 1.82) is 0 Å². The summed E-state index contributed by atoms with van der Waals surface area (Å²) in [4.78, 5) is 23.5. The first kappa shape index (κ1) is 17.2. The third-order valence-corrected chi connectivity index (χ3v) is 2.88. The van der Waals surface area contributed by atoms with E-state index in [2.05, 4.69) is 16.0 Å². The molecule has 0 spiro atoms. The van der Waals surface area contributed by atoms with E-state index < -0.39 is 5.41 Å². The van der Waals surface area contributed by atoms with Gasteiger partial charge in [-0.25, -0.2) is 0 Å². The van der Waals surface area contributed by atoms with Crippen molar-refractivity contribution in [3.8, 4) is 0 Å². The van der Waals surface area contributed by atoms with Crippen molar-refractivity contribution in [2.45, 2.75) is 34.2 Å². The summed E-state index contributed by atoms with van der Waals surface area (Å²) in [6, 6.07) is 7.65. The lowest BCUT2D eigenvalue weighted by Crippen LogP contribution is -2.39. The molecule has 0 aliphatic heterocycles. The Morgan fingerprint density at radius 2 is 1.90 bits per heavy atom. The summed E-state index contributed by atoms with van der Waals surface area (Å²) in [6.07, 6.45) is 0. The minimum absolute atomic E-state index is 0.0203. The standard InChI is InChI=1S/C16H25N3O2/c1-5-17-10-12-7-6-8-13(9-12)19-14(20)11-18-15(21)16(2,3)4/h6-9,17H,5,10-11H2,1-4H3,(H,18,21)(H,19,20). The van der Waals surface area contributed by atoms with Crippen molar-refractivity contribution in [2.75, 3.05) is 18.4 Å². The van der Waals surface area contributed by atoms with Crippen LogP contribution in [0.2, 0.25) is 0 Å². The molecule has 3 N–H and O–H groups in total. The number of hydrogen-bond acceptors (Lipinski definition) is 3. The van der Waals surface area contributed by atoms with Crippen LogP contribution in [0.25, 0.3) is 0 Å². The maximum atomic E-state index is 11.8. The Hall–Kier alpha value is -1.88. The molecule has 0 bridgehead atoms. The zero-order valence-electron chi connectivity index (χ0n) is 13.2. The van der Waals surface area contributed by atoms with Gasteiger partial charge in [-0.2, -0.15) is 0 Å². The summed E-state index contributed by atoms with van der Waals surface area (Å²) < 4.78 is 0. The normalized spacial score (nSPS) is 11.0. The summed E-state index contributed by atoms with van der Waals surface area (Å²) in [6.45, 7) is 9.12. The minimum Gasteiger partial charge on any atom is -0.347 e. The number of rotatable bonds is 6. The molecule has 1 aromatic rings. The van der Waals surface area contributed by atoms with E-state index in [1.807, 2.05) is 52.0 Å². The van der Waals surface area contributed by atoms with Crippen LogP contribution in [0.3, 0.4) is 0 Å². The minimum atomic E-state index is -0.494. The summed E-state index contributed by atoms with van der Waals surface area (Å²) >= 11 is 0. The molecule has 2 amide bonds. The first-order valence-corrected chi connectivity index (χ1v) is 7.20. The number of carbonyl (C=O) groups is 2. The van der Waals surface area contributed by atoms with Crippen LogP contribution in [0.1, 0.15) is 33.3 Å². The van der Waals surface area contributed by atoms with Crippen LogP contribution in [0.15, 0.2) is 24.3 Å². The molecule has 0 heterocycles. The van der Waals surface area contributed by atoms with Crippen molar-refractivity contribution < 1.29 is 9.59 Å². The fourth-order valence-electron chi connectivity index (χ4n) is 1.66. The summed E-state index contributed by atoms with van der Waals surface area (Å²) in [5.41, 5.74) is 1.35. The molecule has 1 aromatic carbocycles. The predicted octanol–water partition coefficient (Wildman–Crippen LogP) is 1.90. The Morgan fingerprint density at radius 3 is 2.52 bits per heavy atom. The third-order valence-electron chi connectivity index (χ3n) is 2.88. The second kappa shape index (κ2) is 7.78. The smallest absolute Gasteiger partial charge is 0.243 e. The number of nitrogens with one attached hydrogen (secondary N) is 3. The lowest BCUT2D eigenvalue weighted by molar-refractivity contribution is -0.130. The number of benzene rings is 1. The van der Waals surface area contributed by atoms with E-state index in [0.717, 1.165) is 24.3 Å². The van der Waals surface area contributed by atoms with Crippen molar-refractivity contribution in [3.05, 3.63) is 29.8 Å². The van der Waals surface area contributed by atoms with E-state index in [9.17, 15) is 9.59 Å². The monoisotopic (exact) mass is 291 g/mol. The molecule has 0 saturated heterocycles. The number of anilines is 1. The number of carbonyl (C=O) groups excluding carboxylic acids is 2. The largest absolute Gasteiger partial charge is 0.347 e. The average Bonchev–Trinajstić information content (AvgIpc) is 2.42. The fraction of sp³-hybridized carbons (Fsp3) is 0.500. The number of hydrogen-bond donors (Lipinski definition) is 3. The van der Waals surface area contributed by atoms with Crippen LogP contribution in [0, 0.1) is 5.41 Å². The van der Waals surface area contributed by atoms with Crippen molar-refractivity contribution in [1.82, 2.24) is 10.6 Å². The molecule has 0 aliphatic rings. The highest BCUT2D eigenvalue weighted by molar-refractivity contribution is 5.95. The first-order valence-electron chi connectivity index (χ1n) is 7.20. The van der Waals surface area contributed by atoms with Gasteiger partial charge in [0, 0.05) is 17.6 Å². The van der Waals surface area contributed by atoms with Crippen molar-refractivity contribution in [3.63, 3.8) is 0 Å². The van der Waals surface area contributed by atoms with Crippen LogP contribution in [-0.4, -0.2) is 24.9 Å². The Morgan fingerprint density at radius 1 is 1.19 bits per heavy atom. The van der Waals surface area contributed by atoms with Gasteiger partial charge in [-0.3, -0.25) is 9.59 Å². The lowest BCUT2D eigenvalue weighted by Gasteiger charge is -2.17. The fourth-order valence-corrected chi connectivity index (χ4v) is 1.66. The molecule has 0 atom stereocenters. The molecule has 0 radical (unpaired) electrons. The van der Waals surface area contributed by atoms with Gasteiger partial charge in [-0.15, -0.1) is 0 Å². The third kappa shape index (κ3) is 6.40. The van der Waals surface area contributed by atoms with Gasteiger partial charge in [-0.1, -0.05) is 39.8 Å². The van der Waals surface area contributed by atoms with E-state index in [0.29, 0.717) is 0 Å². The van der Waals surface area contributed by atoms with Gasteiger partial charge in [0.2, 0.25) is 11.8 Å². The van der Waals surface area contributed by atoms with Gasteiger partial charge >= 0.3 is 0 Å². The van der Waals surface area contributed by atoms with Crippen molar-refractivity contribution >= 4 is 17.5 Å². The van der Waals surface area contributed by atoms with Gasteiger partial charge in [0.15, 0.2) is 0 Å².